The standard InChI is InChI=1S/C24H20N2O2/c1-16-6-10-18(11-7-16)22-15-28-24(26-22)20-4-3-5-21(14-20)25-23(27)19-12-8-17(2)9-13-19/h3-15H,1-2H3,(H,25,27). The van der Waals surface area contributed by atoms with Gasteiger partial charge in [-0.1, -0.05) is 53.6 Å². The summed E-state index contributed by atoms with van der Waals surface area (Å²) in [5.74, 6) is 0.368. The van der Waals surface area contributed by atoms with Gasteiger partial charge in [-0.2, -0.15) is 0 Å². The second-order valence-electron chi connectivity index (χ2n) is 6.80. The average molecular weight is 368 g/mol. The summed E-state index contributed by atoms with van der Waals surface area (Å²) < 4.78 is 5.67. The Balaban J connectivity index is 1.55. The Labute approximate surface area is 163 Å². The zero-order chi connectivity index (χ0) is 19.5. The largest absolute Gasteiger partial charge is 0.444 e. The molecule has 0 aliphatic carbocycles. The van der Waals surface area contributed by atoms with Crippen molar-refractivity contribution in [3.05, 3.63) is 95.7 Å². The molecule has 4 aromatic rings. The molecule has 1 aromatic heterocycles. The molecule has 28 heavy (non-hydrogen) atoms. The van der Waals surface area contributed by atoms with Crippen LogP contribution in [0.2, 0.25) is 0 Å². The second-order valence-corrected chi connectivity index (χ2v) is 6.80. The van der Waals surface area contributed by atoms with E-state index in [1.54, 1.807) is 6.26 Å². The number of hydrogen-bond acceptors (Lipinski definition) is 3. The number of oxazole rings is 1. The number of rotatable bonds is 4. The molecule has 0 unspecified atom stereocenters. The molecule has 0 aliphatic heterocycles. The van der Waals surface area contributed by atoms with Gasteiger partial charge in [0.15, 0.2) is 0 Å². The predicted octanol–water partition coefficient (Wildman–Crippen LogP) is 5.88. The molecular formula is C24H20N2O2. The molecule has 4 heteroatoms. The lowest BCUT2D eigenvalue weighted by Crippen LogP contribution is -2.11. The predicted molar refractivity (Wildman–Crippen MR) is 111 cm³/mol. The van der Waals surface area contributed by atoms with Gasteiger partial charge >= 0.3 is 0 Å². The first kappa shape index (κ1) is 17.7. The lowest BCUT2D eigenvalue weighted by atomic mass is 10.1. The van der Waals surface area contributed by atoms with Crippen LogP contribution in [0.1, 0.15) is 21.5 Å². The molecule has 0 saturated carbocycles. The molecule has 1 amide bonds. The summed E-state index contributed by atoms with van der Waals surface area (Å²) in [6.45, 7) is 4.04. The molecule has 0 fully saturated rings. The number of carbonyl (C=O) groups excluding carboxylic acids is 1. The molecule has 0 spiro atoms. The molecule has 0 aliphatic rings. The van der Waals surface area contributed by atoms with Crippen molar-refractivity contribution in [3.8, 4) is 22.7 Å². The second kappa shape index (κ2) is 7.53. The van der Waals surface area contributed by atoms with Crippen LogP contribution >= 0.6 is 0 Å². The molecule has 138 valence electrons. The molecule has 3 aromatic carbocycles. The van der Waals surface area contributed by atoms with Crippen LogP contribution in [0.4, 0.5) is 5.69 Å². The summed E-state index contributed by atoms with van der Waals surface area (Å²) in [5.41, 5.74) is 6.22. The summed E-state index contributed by atoms with van der Waals surface area (Å²) in [6.07, 6.45) is 1.65. The fraction of sp³-hybridized carbons (Fsp3) is 0.0833. The lowest BCUT2D eigenvalue weighted by Gasteiger charge is -2.06. The Morgan fingerprint density at radius 3 is 2.25 bits per heavy atom. The number of nitrogens with zero attached hydrogens (tertiary/aromatic N) is 1. The number of carbonyl (C=O) groups is 1. The number of anilines is 1. The molecule has 4 nitrogen and oxygen atoms in total. The first-order chi connectivity index (χ1) is 13.6. The van der Waals surface area contributed by atoms with Gasteiger partial charge in [0, 0.05) is 22.4 Å². The fourth-order valence-corrected chi connectivity index (χ4v) is 2.90. The van der Waals surface area contributed by atoms with Gasteiger partial charge in [0.05, 0.1) is 0 Å². The van der Waals surface area contributed by atoms with Crippen molar-refractivity contribution in [1.29, 1.82) is 0 Å². The van der Waals surface area contributed by atoms with Gasteiger partial charge in [-0.25, -0.2) is 4.98 Å². The van der Waals surface area contributed by atoms with E-state index in [0.29, 0.717) is 17.1 Å². The van der Waals surface area contributed by atoms with Crippen molar-refractivity contribution in [1.82, 2.24) is 4.98 Å². The highest BCUT2D eigenvalue weighted by molar-refractivity contribution is 6.04. The van der Waals surface area contributed by atoms with Crippen LogP contribution < -0.4 is 5.32 Å². The van der Waals surface area contributed by atoms with Gasteiger partial charge in [-0.05, 0) is 44.2 Å². The maximum Gasteiger partial charge on any atom is 0.255 e. The summed E-state index contributed by atoms with van der Waals surface area (Å²) in [6, 6.07) is 23.1. The number of amides is 1. The summed E-state index contributed by atoms with van der Waals surface area (Å²) in [4.78, 5) is 17.0. The molecule has 1 heterocycles. The first-order valence-corrected chi connectivity index (χ1v) is 9.09. The Hall–Kier alpha value is -3.66. The minimum absolute atomic E-state index is 0.148. The summed E-state index contributed by atoms with van der Waals surface area (Å²) in [5, 5.41) is 2.92. The summed E-state index contributed by atoms with van der Waals surface area (Å²) >= 11 is 0. The van der Waals surface area contributed by atoms with Gasteiger partial charge in [0.25, 0.3) is 5.91 Å². The number of benzene rings is 3. The van der Waals surface area contributed by atoms with Crippen LogP contribution in [-0.4, -0.2) is 10.9 Å². The van der Waals surface area contributed by atoms with Crippen molar-refractivity contribution in [3.63, 3.8) is 0 Å². The first-order valence-electron chi connectivity index (χ1n) is 9.09. The Bertz CT molecular complexity index is 1110. The van der Waals surface area contributed by atoms with Gasteiger partial charge in [-0.3, -0.25) is 4.79 Å². The molecule has 0 saturated heterocycles. The van der Waals surface area contributed by atoms with Crippen molar-refractivity contribution in [2.24, 2.45) is 0 Å². The molecule has 1 N–H and O–H groups in total. The van der Waals surface area contributed by atoms with Crippen LogP contribution in [0, 0.1) is 13.8 Å². The Morgan fingerprint density at radius 2 is 1.54 bits per heavy atom. The monoisotopic (exact) mass is 368 g/mol. The maximum absolute atomic E-state index is 12.4. The van der Waals surface area contributed by atoms with E-state index >= 15 is 0 Å². The summed E-state index contributed by atoms with van der Waals surface area (Å²) in [7, 11) is 0. The van der Waals surface area contributed by atoms with E-state index in [1.165, 1.54) is 5.56 Å². The smallest absolute Gasteiger partial charge is 0.255 e. The number of aromatic nitrogens is 1. The van der Waals surface area contributed by atoms with E-state index in [0.717, 1.165) is 22.4 Å². The average Bonchev–Trinajstić information content (AvgIpc) is 3.19. The zero-order valence-electron chi connectivity index (χ0n) is 15.8. The quantitative estimate of drug-likeness (QED) is 0.489. The van der Waals surface area contributed by atoms with Gasteiger partial charge in [0.2, 0.25) is 5.89 Å². The van der Waals surface area contributed by atoms with Crippen molar-refractivity contribution < 1.29 is 9.21 Å². The van der Waals surface area contributed by atoms with Gasteiger partial charge in [0.1, 0.15) is 12.0 Å². The SMILES string of the molecule is Cc1ccc(C(=O)Nc2cccc(-c3nc(-c4ccc(C)cc4)co3)c2)cc1. The number of hydrogen-bond donors (Lipinski definition) is 1. The Kier molecular flexibility index (Phi) is 4.77. The van der Waals surface area contributed by atoms with Gasteiger partial charge < -0.3 is 9.73 Å². The minimum atomic E-state index is -0.148. The number of aryl methyl sites for hydroxylation is 2. The van der Waals surface area contributed by atoms with E-state index in [9.17, 15) is 4.79 Å². The third-order valence-corrected chi connectivity index (χ3v) is 4.53. The van der Waals surface area contributed by atoms with Crippen LogP contribution in [0.3, 0.4) is 0 Å². The topological polar surface area (TPSA) is 55.1 Å². The third kappa shape index (κ3) is 3.86. The van der Waals surface area contributed by atoms with Crippen LogP contribution in [-0.2, 0) is 0 Å². The molecular weight excluding hydrogens is 348 g/mol. The molecule has 0 radical (unpaired) electrons. The number of nitrogens with one attached hydrogen (secondary N) is 1. The highest BCUT2D eigenvalue weighted by atomic mass is 16.3. The van der Waals surface area contributed by atoms with E-state index in [4.69, 9.17) is 4.42 Å². The molecule has 0 atom stereocenters. The minimum Gasteiger partial charge on any atom is -0.444 e. The normalized spacial score (nSPS) is 10.6. The van der Waals surface area contributed by atoms with Crippen molar-refractivity contribution in [2.45, 2.75) is 13.8 Å². The zero-order valence-corrected chi connectivity index (χ0v) is 15.8. The highest BCUT2D eigenvalue weighted by Crippen LogP contribution is 2.26. The molecule has 4 rings (SSSR count). The van der Waals surface area contributed by atoms with E-state index < -0.39 is 0 Å². The third-order valence-electron chi connectivity index (χ3n) is 4.53. The lowest BCUT2D eigenvalue weighted by molar-refractivity contribution is 0.102. The van der Waals surface area contributed by atoms with Crippen LogP contribution in [0.25, 0.3) is 22.7 Å². The van der Waals surface area contributed by atoms with Crippen LogP contribution in [0.5, 0.6) is 0 Å². The fourth-order valence-electron chi connectivity index (χ4n) is 2.90. The van der Waals surface area contributed by atoms with E-state index in [1.807, 2.05) is 79.7 Å². The van der Waals surface area contributed by atoms with E-state index in [-0.39, 0.29) is 5.91 Å². The maximum atomic E-state index is 12.4. The molecule has 0 bridgehead atoms. The van der Waals surface area contributed by atoms with Crippen molar-refractivity contribution in [2.75, 3.05) is 5.32 Å². The van der Waals surface area contributed by atoms with E-state index in [2.05, 4.69) is 17.2 Å². The van der Waals surface area contributed by atoms with Crippen molar-refractivity contribution >= 4 is 11.6 Å². The Morgan fingerprint density at radius 1 is 0.857 bits per heavy atom. The van der Waals surface area contributed by atoms with Crippen LogP contribution in [0.15, 0.2) is 83.5 Å². The highest BCUT2D eigenvalue weighted by Gasteiger charge is 2.11. The van der Waals surface area contributed by atoms with Gasteiger partial charge in [-0.15, -0.1) is 0 Å².